The smallest absolute Gasteiger partial charge is 0.0471 e. The van der Waals surface area contributed by atoms with Gasteiger partial charge in [-0.25, -0.2) is 0 Å². The molecule has 0 bridgehead atoms. The van der Waals surface area contributed by atoms with Gasteiger partial charge in [0.05, 0.1) is 0 Å². The van der Waals surface area contributed by atoms with Crippen LogP contribution in [0.25, 0.3) is 0 Å². The van der Waals surface area contributed by atoms with E-state index in [9.17, 15) is 0 Å². The Morgan fingerprint density at radius 1 is 1.19 bits per heavy atom. The van der Waals surface area contributed by atoms with E-state index >= 15 is 0 Å². The van der Waals surface area contributed by atoms with Crippen molar-refractivity contribution in [2.75, 3.05) is 18.0 Å². The molecule has 2 nitrogen and oxygen atoms in total. The maximum Gasteiger partial charge on any atom is 0.0471 e. The van der Waals surface area contributed by atoms with E-state index in [4.69, 9.17) is 11.6 Å². The first-order valence-corrected chi connectivity index (χ1v) is 8.93. The first-order chi connectivity index (χ1) is 10.3. The van der Waals surface area contributed by atoms with Crippen LogP contribution in [-0.2, 0) is 6.54 Å². The molecule has 21 heavy (non-hydrogen) atoms. The molecule has 116 valence electrons. The third kappa shape index (κ3) is 3.37. The van der Waals surface area contributed by atoms with Crippen LogP contribution in [0.1, 0.15) is 51.0 Å². The molecule has 1 aromatic carbocycles. The molecule has 1 N–H and O–H groups in total. The van der Waals surface area contributed by atoms with Gasteiger partial charge < -0.3 is 10.2 Å². The van der Waals surface area contributed by atoms with Gasteiger partial charge in [-0.2, -0.15) is 0 Å². The molecule has 1 unspecified atom stereocenters. The van der Waals surface area contributed by atoms with E-state index in [1.54, 1.807) is 0 Å². The molecule has 0 radical (unpaired) electrons. The molecule has 1 saturated heterocycles. The number of nitrogens with zero attached hydrogens (tertiary/aromatic N) is 1. The van der Waals surface area contributed by atoms with Gasteiger partial charge in [0, 0.05) is 29.8 Å². The van der Waals surface area contributed by atoms with Gasteiger partial charge in [-0.05, 0) is 55.8 Å². The fraction of sp³-hybridized carbons (Fsp3) is 0.667. The molecule has 1 aromatic rings. The van der Waals surface area contributed by atoms with Gasteiger partial charge in [0.1, 0.15) is 0 Å². The summed E-state index contributed by atoms with van der Waals surface area (Å²) in [7, 11) is 0. The van der Waals surface area contributed by atoms with Crippen molar-refractivity contribution in [1.82, 2.24) is 5.32 Å². The van der Waals surface area contributed by atoms with Gasteiger partial charge in [-0.1, -0.05) is 37.4 Å². The van der Waals surface area contributed by atoms with E-state index < -0.39 is 0 Å². The quantitative estimate of drug-likeness (QED) is 0.854. The summed E-state index contributed by atoms with van der Waals surface area (Å²) in [5.74, 6) is 0.910. The topological polar surface area (TPSA) is 15.3 Å². The Bertz CT molecular complexity index is 468. The van der Waals surface area contributed by atoms with Crippen molar-refractivity contribution in [3.8, 4) is 0 Å². The van der Waals surface area contributed by atoms with Crippen LogP contribution >= 0.6 is 11.6 Å². The van der Waals surface area contributed by atoms with Crippen LogP contribution in [0.5, 0.6) is 0 Å². The van der Waals surface area contributed by atoms with E-state index in [0.29, 0.717) is 0 Å². The van der Waals surface area contributed by atoms with Gasteiger partial charge in [-0.15, -0.1) is 0 Å². The molecule has 3 rings (SSSR count). The highest BCUT2D eigenvalue weighted by Gasteiger charge is 2.33. The first kappa shape index (κ1) is 15.2. The summed E-state index contributed by atoms with van der Waals surface area (Å²) in [5.41, 5.74) is 2.54. The highest BCUT2D eigenvalue weighted by Crippen LogP contribution is 2.38. The lowest BCUT2D eigenvalue weighted by molar-refractivity contribution is 0.431. The fourth-order valence-corrected chi connectivity index (χ4v) is 4.30. The van der Waals surface area contributed by atoms with Crippen molar-refractivity contribution in [3.05, 3.63) is 28.8 Å². The van der Waals surface area contributed by atoms with Gasteiger partial charge in [0.2, 0.25) is 0 Å². The monoisotopic (exact) mass is 306 g/mol. The average Bonchev–Trinajstić information content (AvgIpc) is 3.16. The SMILES string of the molecule is CCNCc1ccc(N2CCCC2C2CCCC2)cc1Cl. The Morgan fingerprint density at radius 3 is 2.71 bits per heavy atom. The number of hydrogen-bond donors (Lipinski definition) is 1. The lowest BCUT2D eigenvalue weighted by atomic mass is 9.95. The van der Waals surface area contributed by atoms with Crippen LogP contribution in [0, 0.1) is 5.92 Å². The lowest BCUT2D eigenvalue weighted by Gasteiger charge is -2.31. The minimum atomic E-state index is 0.753. The van der Waals surface area contributed by atoms with Crippen LogP contribution in [0.4, 0.5) is 5.69 Å². The standard InChI is InChI=1S/C18H27ClN2/c1-2-20-13-15-9-10-16(12-17(15)19)21-11-5-8-18(21)14-6-3-4-7-14/h9-10,12,14,18,20H,2-8,11,13H2,1H3. The maximum absolute atomic E-state index is 6.48. The predicted octanol–water partition coefficient (Wildman–Crippen LogP) is 4.61. The summed E-state index contributed by atoms with van der Waals surface area (Å²) in [6.07, 6.45) is 8.40. The number of anilines is 1. The summed E-state index contributed by atoms with van der Waals surface area (Å²) in [5, 5.41) is 4.26. The molecule has 3 heteroatoms. The van der Waals surface area contributed by atoms with Crippen molar-refractivity contribution < 1.29 is 0 Å². The third-order valence-corrected chi connectivity index (χ3v) is 5.53. The molecular weight excluding hydrogens is 280 g/mol. The Balaban J connectivity index is 1.74. The molecule has 0 aromatic heterocycles. The molecule has 1 atom stereocenters. The zero-order valence-corrected chi connectivity index (χ0v) is 13.8. The molecule has 1 saturated carbocycles. The fourth-order valence-electron chi connectivity index (χ4n) is 4.06. The molecule has 1 aliphatic carbocycles. The lowest BCUT2D eigenvalue weighted by Crippen LogP contribution is -2.34. The number of rotatable bonds is 5. The molecule has 2 fully saturated rings. The van der Waals surface area contributed by atoms with Gasteiger partial charge >= 0.3 is 0 Å². The Kier molecular flexibility index (Phi) is 5.07. The summed E-state index contributed by atoms with van der Waals surface area (Å²) in [4.78, 5) is 2.62. The highest BCUT2D eigenvalue weighted by molar-refractivity contribution is 6.31. The van der Waals surface area contributed by atoms with Crippen molar-refractivity contribution >= 4 is 17.3 Å². The first-order valence-electron chi connectivity index (χ1n) is 8.55. The Labute approximate surface area is 133 Å². The van der Waals surface area contributed by atoms with E-state index in [0.717, 1.165) is 30.1 Å². The van der Waals surface area contributed by atoms with Crippen molar-refractivity contribution in [2.24, 2.45) is 5.92 Å². The maximum atomic E-state index is 6.48. The number of hydrogen-bond acceptors (Lipinski definition) is 2. The highest BCUT2D eigenvalue weighted by atomic mass is 35.5. The van der Waals surface area contributed by atoms with Crippen molar-refractivity contribution in [1.29, 1.82) is 0 Å². The normalized spacial score (nSPS) is 23.1. The average molecular weight is 307 g/mol. The Morgan fingerprint density at radius 2 is 2.00 bits per heavy atom. The van der Waals surface area contributed by atoms with Crippen LogP contribution in [0.3, 0.4) is 0 Å². The largest absolute Gasteiger partial charge is 0.368 e. The van der Waals surface area contributed by atoms with E-state index in [-0.39, 0.29) is 0 Å². The number of nitrogens with one attached hydrogen (secondary N) is 1. The molecule has 1 heterocycles. The second kappa shape index (κ2) is 7.02. The molecule has 1 aliphatic heterocycles. The number of benzene rings is 1. The zero-order valence-electron chi connectivity index (χ0n) is 13.1. The van der Waals surface area contributed by atoms with E-state index in [1.807, 2.05) is 0 Å². The van der Waals surface area contributed by atoms with E-state index in [1.165, 1.54) is 56.3 Å². The molecule has 0 amide bonds. The van der Waals surface area contributed by atoms with Gasteiger partial charge in [0.15, 0.2) is 0 Å². The van der Waals surface area contributed by atoms with Crippen molar-refractivity contribution in [3.63, 3.8) is 0 Å². The second-order valence-electron chi connectivity index (χ2n) is 6.50. The zero-order chi connectivity index (χ0) is 14.7. The van der Waals surface area contributed by atoms with Gasteiger partial charge in [-0.3, -0.25) is 0 Å². The minimum absolute atomic E-state index is 0.753. The molecule has 2 aliphatic rings. The third-order valence-electron chi connectivity index (χ3n) is 5.18. The van der Waals surface area contributed by atoms with Crippen LogP contribution in [0.2, 0.25) is 5.02 Å². The van der Waals surface area contributed by atoms with Gasteiger partial charge in [0.25, 0.3) is 0 Å². The second-order valence-corrected chi connectivity index (χ2v) is 6.91. The minimum Gasteiger partial charge on any atom is -0.368 e. The molecule has 0 spiro atoms. The van der Waals surface area contributed by atoms with Crippen LogP contribution in [-0.4, -0.2) is 19.1 Å². The Hall–Kier alpha value is -0.730. The molecular formula is C18H27ClN2. The summed E-state index contributed by atoms with van der Waals surface area (Å²) >= 11 is 6.48. The van der Waals surface area contributed by atoms with E-state index in [2.05, 4.69) is 35.3 Å². The van der Waals surface area contributed by atoms with Crippen LogP contribution in [0.15, 0.2) is 18.2 Å². The summed E-state index contributed by atoms with van der Waals surface area (Å²) in [6.45, 7) is 5.17. The summed E-state index contributed by atoms with van der Waals surface area (Å²) < 4.78 is 0. The predicted molar refractivity (Wildman–Crippen MR) is 91.2 cm³/mol. The summed E-state index contributed by atoms with van der Waals surface area (Å²) in [6, 6.07) is 7.40. The number of halogens is 1. The van der Waals surface area contributed by atoms with Crippen molar-refractivity contribution in [2.45, 2.75) is 58.0 Å². The van der Waals surface area contributed by atoms with Crippen LogP contribution < -0.4 is 10.2 Å².